The third-order valence-electron chi connectivity index (χ3n) is 6.94. The highest BCUT2D eigenvalue weighted by atomic mass is 16.5. The number of hydrogen-bond donors (Lipinski definition) is 2. The first kappa shape index (κ1) is 20.9. The smallest absolute Gasteiger partial charge is 0.159 e. The van der Waals surface area contributed by atoms with Gasteiger partial charge in [0.1, 0.15) is 17.2 Å². The third kappa shape index (κ3) is 3.72. The van der Waals surface area contributed by atoms with E-state index < -0.39 is 0 Å². The molecule has 7 rings (SSSR count). The van der Waals surface area contributed by atoms with Gasteiger partial charge in [-0.1, -0.05) is 6.07 Å². The van der Waals surface area contributed by atoms with E-state index >= 15 is 0 Å². The number of aromatic nitrogens is 5. The van der Waals surface area contributed by atoms with Crippen molar-refractivity contribution < 1.29 is 4.74 Å². The Bertz CT molecular complexity index is 1710. The van der Waals surface area contributed by atoms with Gasteiger partial charge in [0.05, 0.1) is 16.6 Å². The topological polar surface area (TPSA) is 86.0 Å². The molecule has 0 atom stereocenters. The van der Waals surface area contributed by atoms with E-state index in [0.29, 0.717) is 0 Å². The third-order valence-corrected chi connectivity index (χ3v) is 6.94. The summed E-state index contributed by atoms with van der Waals surface area (Å²) in [4.78, 5) is 17.3. The maximum absolute atomic E-state index is 6.20. The summed E-state index contributed by atoms with van der Waals surface area (Å²) in [6, 6.07) is 20.4. The Morgan fingerprint density at radius 3 is 2.61 bits per heavy atom. The zero-order chi connectivity index (χ0) is 24.1. The quantitative estimate of drug-likeness (QED) is 0.365. The number of nitrogens with zero attached hydrogens (tertiary/aromatic N) is 5. The van der Waals surface area contributed by atoms with Crippen molar-refractivity contribution in [1.82, 2.24) is 30.0 Å². The van der Waals surface area contributed by atoms with E-state index in [-0.39, 0.29) is 0 Å². The van der Waals surface area contributed by atoms with Crippen LogP contribution in [0.15, 0.2) is 73.1 Å². The number of ether oxygens (including phenoxy) is 1. The van der Waals surface area contributed by atoms with Gasteiger partial charge in [0.25, 0.3) is 0 Å². The lowest BCUT2D eigenvalue weighted by Crippen LogP contribution is -2.44. The minimum absolute atomic E-state index is 0.737. The number of hydrogen-bond acceptors (Lipinski definition) is 6. The van der Waals surface area contributed by atoms with E-state index in [1.807, 2.05) is 48.7 Å². The van der Waals surface area contributed by atoms with E-state index in [4.69, 9.17) is 9.72 Å². The molecule has 8 nitrogen and oxygen atoms in total. The standard InChI is InChI=1S/C28H25N7O/c1-34-10-12-35(13-11-34)20-3-6-25-26(15-20)31-28(30-25)27-23-16-22(5-7-24(23)32-33-27)36-21-4-2-18-8-9-29-17-19(18)14-21/h2-9,14-17H,10-13H2,1H3,(H,30,31)(H,32,33). The first-order chi connectivity index (χ1) is 17.7. The van der Waals surface area contributed by atoms with Crippen LogP contribution in [0.5, 0.6) is 11.5 Å². The van der Waals surface area contributed by atoms with Crippen molar-refractivity contribution in [3.8, 4) is 23.0 Å². The number of fused-ring (bicyclic) bond motifs is 3. The zero-order valence-corrected chi connectivity index (χ0v) is 19.9. The number of benzene rings is 3. The van der Waals surface area contributed by atoms with Gasteiger partial charge in [-0.2, -0.15) is 5.10 Å². The molecule has 1 fully saturated rings. The average molecular weight is 476 g/mol. The first-order valence-corrected chi connectivity index (χ1v) is 12.1. The summed E-state index contributed by atoms with van der Waals surface area (Å²) in [5, 5.41) is 10.8. The number of H-pyrrole nitrogens is 2. The number of pyridine rings is 1. The summed E-state index contributed by atoms with van der Waals surface area (Å²) in [7, 11) is 2.17. The predicted octanol–water partition coefficient (Wildman–Crippen LogP) is 5.20. The minimum atomic E-state index is 0.737. The van der Waals surface area contributed by atoms with Crippen LogP contribution >= 0.6 is 0 Å². The molecule has 0 bridgehead atoms. The average Bonchev–Trinajstić information content (AvgIpc) is 3.52. The van der Waals surface area contributed by atoms with Gasteiger partial charge >= 0.3 is 0 Å². The molecule has 0 aliphatic carbocycles. The lowest BCUT2D eigenvalue weighted by molar-refractivity contribution is 0.313. The van der Waals surface area contributed by atoms with Gasteiger partial charge in [0.15, 0.2) is 5.82 Å². The number of likely N-dealkylation sites (N-methyl/N-ethyl adjacent to an activating group) is 1. The van der Waals surface area contributed by atoms with Crippen molar-refractivity contribution >= 4 is 38.4 Å². The molecule has 0 saturated carbocycles. The Morgan fingerprint density at radius 1 is 0.833 bits per heavy atom. The van der Waals surface area contributed by atoms with Crippen LogP contribution in [0.1, 0.15) is 0 Å². The van der Waals surface area contributed by atoms with E-state index in [9.17, 15) is 0 Å². The van der Waals surface area contributed by atoms with Crippen LogP contribution in [-0.4, -0.2) is 63.3 Å². The van der Waals surface area contributed by atoms with Gasteiger partial charge in [-0.25, -0.2) is 4.98 Å². The molecule has 0 spiro atoms. The maximum atomic E-state index is 6.20. The molecular weight excluding hydrogens is 450 g/mol. The van der Waals surface area contributed by atoms with Crippen LogP contribution in [0.2, 0.25) is 0 Å². The molecule has 1 aliphatic heterocycles. The van der Waals surface area contributed by atoms with E-state index in [0.717, 1.165) is 81.9 Å². The van der Waals surface area contributed by atoms with Gasteiger partial charge in [0.2, 0.25) is 0 Å². The second kappa shape index (κ2) is 8.35. The summed E-state index contributed by atoms with van der Waals surface area (Å²) in [6.45, 7) is 4.21. The molecule has 1 aliphatic rings. The summed E-state index contributed by atoms with van der Waals surface area (Å²) in [5.41, 5.74) is 4.86. The lowest BCUT2D eigenvalue weighted by atomic mass is 10.1. The van der Waals surface area contributed by atoms with E-state index in [1.54, 1.807) is 6.20 Å². The van der Waals surface area contributed by atoms with Crippen LogP contribution in [-0.2, 0) is 0 Å². The number of anilines is 1. The Kier molecular flexibility index (Phi) is 4.85. The molecular formula is C28H25N7O. The van der Waals surface area contributed by atoms with Crippen LogP contribution in [0.25, 0.3) is 44.2 Å². The fourth-order valence-corrected chi connectivity index (χ4v) is 4.87. The Labute approximate surface area is 207 Å². The van der Waals surface area contributed by atoms with Crippen molar-refractivity contribution in [3.05, 3.63) is 73.1 Å². The van der Waals surface area contributed by atoms with Crippen LogP contribution in [0.3, 0.4) is 0 Å². The second-order valence-electron chi connectivity index (χ2n) is 9.34. The molecule has 2 N–H and O–H groups in total. The Balaban J connectivity index is 1.21. The molecule has 36 heavy (non-hydrogen) atoms. The Hall–Kier alpha value is -4.43. The molecule has 6 aromatic rings. The summed E-state index contributed by atoms with van der Waals surface area (Å²) in [5.74, 6) is 2.24. The Morgan fingerprint density at radius 2 is 1.69 bits per heavy atom. The molecule has 4 heterocycles. The largest absolute Gasteiger partial charge is 0.457 e. The highest BCUT2D eigenvalue weighted by molar-refractivity contribution is 5.94. The highest BCUT2D eigenvalue weighted by Crippen LogP contribution is 2.32. The molecule has 0 amide bonds. The molecule has 1 saturated heterocycles. The van der Waals surface area contributed by atoms with Gasteiger partial charge in [-0.3, -0.25) is 10.1 Å². The van der Waals surface area contributed by atoms with Crippen LogP contribution < -0.4 is 9.64 Å². The first-order valence-electron chi connectivity index (χ1n) is 12.1. The van der Waals surface area contributed by atoms with Gasteiger partial charge < -0.3 is 19.5 Å². The molecule has 8 heteroatoms. The van der Waals surface area contributed by atoms with Crippen molar-refractivity contribution in [2.24, 2.45) is 0 Å². The van der Waals surface area contributed by atoms with E-state index in [1.165, 1.54) is 5.69 Å². The zero-order valence-electron chi connectivity index (χ0n) is 19.9. The lowest BCUT2D eigenvalue weighted by Gasteiger charge is -2.34. The molecule has 178 valence electrons. The molecule has 0 radical (unpaired) electrons. The monoisotopic (exact) mass is 475 g/mol. The molecule has 3 aromatic carbocycles. The number of piperazine rings is 1. The fraction of sp³-hybridized carbons (Fsp3) is 0.179. The van der Waals surface area contributed by atoms with Crippen molar-refractivity contribution in [2.75, 3.05) is 38.1 Å². The summed E-state index contributed by atoms with van der Waals surface area (Å²) < 4.78 is 6.20. The van der Waals surface area contributed by atoms with Crippen molar-refractivity contribution in [3.63, 3.8) is 0 Å². The highest BCUT2D eigenvalue weighted by Gasteiger charge is 2.17. The SMILES string of the molecule is CN1CCN(c2ccc3nc(-c4n[nH]c5ccc(Oc6ccc7ccncc7c6)cc45)[nH]c3c2)CC1. The number of aromatic amines is 2. The molecule has 0 unspecified atom stereocenters. The number of rotatable bonds is 4. The van der Waals surface area contributed by atoms with Gasteiger partial charge in [-0.05, 0) is 67.0 Å². The minimum Gasteiger partial charge on any atom is -0.457 e. The normalized spacial score (nSPS) is 14.8. The summed E-state index contributed by atoms with van der Waals surface area (Å²) in [6.07, 6.45) is 3.64. The predicted molar refractivity (Wildman–Crippen MR) is 143 cm³/mol. The maximum Gasteiger partial charge on any atom is 0.159 e. The summed E-state index contributed by atoms with van der Waals surface area (Å²) >= 11 is 0. The second-order valence-corrected chi connectivity index (χ2v) is 9.34. The number of imidazole rings is 1. The van der Waals surface area contributed by atoms with Gasteiger partial charge in [-0.15, -0.1) is 0 Å². The fourth-order valence-electron chi connectivity index (χ4n) is 4.87. The van der Waals surface area contributed by atoms with E-state index in [2.05, 4.69) is 55.2 Å². The number of nitrogens with one attached hydrogen (secondary N) is 2. The van der Waals surface area contributed by atoms with Crippen LogP contribution in [0, 0.1) is 0 Å². The van der Waals surface area contributed by atoms with Crippen LogP contribution in [0.4, 0.5) is 5.69 Å². The van der Waals surface area contributed by atoms with Gasteiger partial charge in [0, 0.05) is 55.0 Å². The van der Waals surface area contributed by atoms with Crippen molar-refractivity contribution in [2.45, 2.75) is 0 Å². The van der Waals surface area contributed by atoms with Crippen molar-refractivity contribution in [1.29, 1.82) is 0 Å². The molecule has 3 aromatic heterocycles.